The summed E-state index contributed by atoms with van der Waals surface area (Å²) < 4.78 is 12.5. The second kappa shape index (κ2) is 7.50. The first-order valence-electron chi connectivity index (χ1n) is 7.97. The van der Waals surface area contributed by atoms with Crippen LogP contribution < -0.4 is 14.8 Å². The number of benzene rings is 1. The molecule has 2 rings (SSSR count). The maximum Gasteiger partial charge on any atom is 0.175 e. The molecule has 0 atom stereocenters. The molecule has 1 heterocycles. The first-order valence-corrected chi connectivity index (χ1v) is 8.76. The second-order valence-corrected chi connectivity index (χ2v) is 6.50. The van der Waals surface area contributed by atoms with Gasteiger partial charge in [0, 0.05) is 18.5 Å². The molecule has 1 aromatic carbocycles. The molecule has 0 fully saturated rings. The van der Waals surface area contributed by atoms with E-state index in [1.54, 1.807) is 0 Å². The number of halogens is 1. The number of rotatable bonds is 6. The topological polar surface area (TPSA) is 30.5 Å². The monoisotopic (exact) mass is 355 g/mol. The number of hydrogen-bond donors (Lipinski definition) is 1. The van der Waals surface area contributed by atoms with E-state index in [0.29, 0.717) is 6.61 Å². The summed E-state index contributed by atoms with van der Waals surface area (Å²) in [5.41, 5.74) is 1.46. The van der Waals surface area contributed by atoms with Gasteiger partial charge in [-0.3, -0.25) is 0 Å². The largest absolute Gasteiger partial charge is 0.490 e. The minimum atomic E-state index is 0.233. The highest BCUT2D eigenvalue weighted by Gasteiger charge is 2.23. The van der Waals surface area contributed by atoms with Gasteiger partial charge in [0.25, 0.3) is 0 Å². The van der Waals surface area contributed by atoms with Crippen LogP contribution in [0.5, 0.6) is 11.5 Å². The molecule has 1 aromatic rings. The van der Waals surface area contributed by atoms with Gasteiger partial charge in [-0.15, -0.1) is 0 Å². The minimum absolute atomic E-state index is 0.233. The van der Waals surface area contributed by atoms with Crippen LogP contribution in [0.25, 0.3) is 0 Å². The smallest absolute Gasteiger partial charge is 0.175 e. The molecule has 0 bridgehead atoms. The Bertz CT molecular complexity index is 464. The molecule has 1 aliphatic rings. The van der Waals surface area contributed by atoms with Crippen LogP contribution in [0.1, 0.15) is 52.0 Å². The molecule has 21 heavy (non-hydrogen) atoms. The maximum atomic E-state index is 5.80. The van der Waals surface area contributed by atoms with Crippen LogP contribution in [0.3, 0.4) is 0 Å². The number of nitrogens with one attached hydrogen (secondary N) is 1. The predicted octanol–water partition coefficient (Wildman–Crippen LogP) is 4.67. The fraction of sp³-hybridized carbons (Fsp3) is 0.647. The van der Waals surface area contributed by atoms with Crippen molar-refractivity contribution in [3.63, 3.8) is 0 Å². The summed E-state index contributed by atoms with van der Waals surface area (Å²) in [6.45, 7) is 9.05. The van der Waals surface area contributed by atoms with Gasteiger partial charge in [-0.05, 0) is 52.9 Å². The molecular formula is C17H26BrNO2. The van der Waals surface area contributed by atoms with E-state index in [4.69, 9.17) is 9.47 Å². The van der Waals surface area contributed by atoms with Crippen molar-refractivity contribution in [3.05, 3.63) is 22.2 Å². The molecule has 0 saturated heterocycles. The molecule has 4 heteroatoms. The Balaban J connectivity index is 2.14. The molecule has 0 saturated carbocycles. The maximum absolute atomic E-state index is 5.80. The lowest BCUT2D eigenvalue weighted by Gasteiger charge is -2.32. The van der Waals surface area contributed by atoms with Crippen molar-refractivity contribution < 1.29 is 9.47 Å². The van der Waals surface area contributed by atoms with Gasteiger partial charge in [0.1, 0.15) is 0 Å². The van der Waals surface area contributed by atoms with E-state index in [1.807, 2.05) is 0 Å². The zero-order valence-corrected chi connectivity index (χ0v) is 14.9. The Morgan fingerprint density at radius 1 is 1.10 bits per heavy atom. The molecule has 0 spiro atoms. The van der Waals surface area contributed by atoms with Crippen molar-refractivity contribution in [1.29, 1.82) is 0 Å². The van der Waals surface area contributed by atoms with Crippen LogP contribution in [0.2, 0.25) is 0 Å². The summed E-state index contributed by atoms with van der Waals surface area (Å²) in [5, 5.41) is 3.73. The molecule has 3 nitrogen and oxygen atoms in total. The lowest BCUT2D eigenvalue weighted by molar-refractivity contribution is 0.287. The van der Waals surface area contributed by atoms with E-state index < -0.39 is 0 Å². The highest BCUT2D eigenvalue weighted by atomic mass is 79.9. The van der Waals surface area contributed by atoms with Gasteiger partial charge in [-0.25, -0.2) is 0 Å². The molecule has 0 aliphatic carbocycles. The van der Waals surface area contributed by atoms with Crippen LogP contribution in [-0.2, 0) is 6.54 Å². The molecule has 0 aromatic heterocycles. The van der Waals surface area contributed by atoms with Crippen LogP contribution >= 0.6 is 15.9 Å². The quantitative estimate of drug-likeness (QED) is 0.804. The Hall–Kier alpha value is -0.740. The number of fused-ring (bicyclic) bond motifs is 1. The highest BCUT2D eigenvalue weighted by Crippen LogP contribution is 2.38. The van der Waals surface area contributed by atoms with Crippen LogP contribution in [-0.4, -0.2) is 18.8 Å². The molecule has 1 aliphatic heterocycles. The zero-order chi connectivity index (χ0) is 15.3. The van der Waals surface area contributed by atoms with Crippen molar-refractivity contribution in [3.8, 4) is 11.5 Å². The summed E-state index contributed by atoms with van der Waals surface area (Å²) in [7, 11) is 0. The second-order valence-electron chi connectivity index (χ2n) is 5.65. The van der Waals surface area contributed by atoms with E-state index in [0.717, 1.165) is 54.8 Å². The average Bonchev–Trinajstić information content (AvgIpc) is 2.75. The molecule has 0 radical (unpaired) electrons. The third-order valence-electron chi connectivity index (χ3n) is 4.56. The lowest BCUT2D eigenvalue weighted by atomic mass is 9.89. The van der Waals surface area contributed by atoms with Gasteiger partial charge in [0.05, 0.1) is 17.7 Å². The Morgan fingerprint density at radius 3 is 2.43 bits per heavy atom. The summed E-state index contributed by atoms with van der Waals surface area (Å²) >= 11 is 3.61. The van der Waals surface area contributed by atoms with Crippen LogP contribution in [0, 0.1) is 0 Å². The number of ether oxygens (including phenoxy) is 2. The zero-order valence-electron chi connectivity index (χ0n) is 13.3. The van der Waals surface area contributed by atoms with E-state index >= 15 is 0 Å². The highest BCUT2D eigenvalue weighted by molar-refractivity contribution is 9.10. The molecule has 0 amide bonds. The third-order valence-corrected chi connectivity index (χ3v) is 5.15. The first-order chi connectivity index (χ1) is 10.1. The van der Waals surface area contributed by atoms with Crippen molar-refractivity contribution in [1.82, 2.24) is 5.32 Å². The Morgan fingerprint density at radius 2 is 1.76 bits per heavy atom. The minimum Gasteiger partial charge on any atom is -0.490 e. The summed E-state index contributed by atoms with van der Waals surface area (Å²) in [6.07, 6.45) is 4.36. The van der Waals surface area contributed by atoms with E-state index in [1.165, 1.54) is 5.56 Å². The SMILES string of the molecule is CCC(CC)(CC)NCc1cc(Br)c2c(c1)OCCCO2. The Labute approximate surface area is 136 Å². The van der Waals surface area contributed by atoms with E-state index in [-0.39, 0.29) is 5.54 Å². The lowest BCUT2D eigenvalue weighted by Crippen LogP contribution is -2.43. The Kier molecular flexibility index (Phi) is 5.94. The van der Waals surface area contributed by atoms with Crippen molar-refractivity contribution in [2.24, 2.45) is 0 Å². The van der Waals surface area contributed by atoms with Gasteiger partial charge in [-0.1, -0.05) is 20.8 Å². The van der Waals surface area contributed by atoms with Gasteiger partial charge in [0.15, 0.2) is 11.5 Å². The normalized spacial score (nSPS) is 14.9. The third kappa shape index (κ3) is 3.92. The van der Waals surface area contributed by atoms with Gasteiger partial charge >= 0.3 is 0 Å². The molecule has 1 N–H and O–H groups in total. The van der Waals surface area contributed by atoms with Crippen LogP contribution in [0.15, 0.2) is 16.6 Å². The molecule has 118 valence electrons. The van der Waals surface area contributed by atoms with Crippen molar-refractivity contribution in [2.45, 2.75) is 58.5 Å². The molecule has 0 unspecified atom stereocenters. The van der Waals surface area contributed by atoms with Gasteiger partial charge in [-0.2, -0.15) is 0 Å². The molecular weight excluding hydrogens is 330 g/mol. The van der Waals surface area contributed by atoms with Crippen LogP contribution in [0.4, 0.5) is 0 Å². The fourth-order valence-electron chi connectivity index (χ4n) is 2.80. The van der Waals surface area contributed by atoms with Crippen molar-refractivity contribution >= 4 is 15.9 Å². The summed E-state index contributed by atoms with van der Waals surface area (Å²) in [6, 6.07) is 4.23. The standard InChI is InChI=1S/C17H26BrNO2/c1-4-17(5-2,6-3)19-12-13-10-14(18)16-15(11-13)20-8-7-9-21-16/h10-11,19H,4-9,12H2,1-3H3. The summed E-state index contributed by atoms with van der Waals surface area (Å²) in [4.78, 5) is 0. The van der Waals surface area contributed by atoms with Gasteiger partial charge in [0.2, 0.25) is 0 Å². The summed E-state index contributed by atoms with van der Waals surface area (Å²) in [5.74, 6) is 1.69. The predicted molar refractivity (Wildman–Crippen MR) is 90.2 cm³/mol. The fourth-order valence-corrected chi connectivity index (χ4v) is 3.40. The van der Waals surface area contributed by atoms with E-state index in [9.17, 15) is 0 Å². The van der Waals surface area contributed by atoms with Crippen molar-refractivity contribution in [2.75, 3.05) is 13.2 Å². The first kappa shape index (κ1) is 16.6. The van der Waals surface area contributed by atoms with Gasteiger partial charge < -0.3 is 14.8 Å². The average molecular weight is 356 g/mol. The number of hydrogen-bond acceptors (Lipinski definition) is 3. The van der Waals surface area contributed by atoms with E-state index in [2.05, 4.69) is 54.2 Å².